The van der Waals surface area contributed by atoms with Gasteiger partial charge in [0.05, 0.1) is 5.69 Å². The predicted molar refractivity (Wildman–Crippen MR) is 105 cm³/mol. The molecule has 0 spiro atoms. The molecular formula is C21H17ClN2O3. The van der Waals surface area contributed by atoms with Crippen LogP contribution in [0.4, 0.5) is 5.69 Å². The Bertz CT molecular complexity index is 945. The maximum Gasteiger partial charge on any atom is 0.313 e. The van der Waals surface area contributed by atoms with Gasteiger partial charge in [-0.1, -0.05) is 60.1 Å². The molecule has 0 aliphatic heterocycles. The molecule has 27 heavy (non-hydrogen) atoms. The van der Waals surface area contributed by atoms with Gasteiger partial charge in [0.15, 0.2) is 5.75 Å². The zero-order chi connectivity index (χ0) is 19.1. The summed E-state index contributed by atoms with van der Waals surface area (Å²) in [7, 11) is 0. The molecule has 3 aromatic carbocycles. The van der Waals surface area contributed by atoms with E-state index < -0.39 is 11.8 Å². The van der Waals surface area contributed by atoms with Crippen molar-refractivity contribution in [2.75, 3.05) is 5.32 Å². The summed E-state index contributed by atoms with van der Waals surface area (Å²) in [6.07, 6.45) is 0. The number of nitrogens with one attached hydrogen (secondary N) is 2. The molecule has 0 atom stereocenters. The van der Waals surface area contributed by atoms with Crippen molar-refractivity contribution >= 4 is 29.1 Å². The van der Waals surface area contributed by atoms with Crippen molar-refractivity contribution < 1.29 is 14.3 Å². The van der Waals surface area contributed by atoms with Gasteiger partial charge in [-0.2, -0.15) is 0 Å². The lowest BCUT2D eigenvalue weighted by Crippen LogP contribution is -2.35. The van der Waals surface area contributed by atoms with Crippen LogP contribution in [0.3, 0.4) is 0 Å². The third kappa shape index (κ3) is 5.09. The monoisotopic (exact) mass is 380 g/mol. The SMILES string of the molecule is O=C(NCc1ccccc1Cl)C(=O)Nc1ccccc1Oc1ccccc1. The van der Waals surface area contributed by atoms with Gasteiger partial charge in [0.1, 0.15) is 5.75 Å². The number of carbonyl (C=O) groups excluding carboxylic acids is 2. The first kappa shape index (κ1) is 18.5. The van der Waals surface area contributed by atoms with Crippen molar-refractivity contribution in [3.8, 4) is 11.5 Å². The summed E-state index contributed by atoms with van der Waals surface area (Å²) in [5.74, 6) is -0.478. The minimum absolute atomic E-state index is 0.161. The smallest absolute Gasteiger partial charge is 0.313 e. The summed E-state index contributed by atoms with van der Waals surface area (Å²) in [4.78, 5) is 24.3. The summed E-state index contributed by atoms with van der Waals surface area (Å²) in [5.41, 5.74) is 1.13. The van der Waals surface area contributed by atoms with Crippen molar-refractivity contribution in [3.63, 3.8) is 0 Å². The Hall–Kier alpha value is -3.31. The summed E-state index contributed by atoms with van der Waals surface area (Å²) in [6.45, 7) is 0.161. The van der Waals surface area contributed by atoms with Crippen LogP contribution in [0.25, 0.3) is 0 Å². The number of ether oxygens (including phenoxy) is 1. The Labute approximate surface area is 161 Å². The fraction of sp³-hybridized carbons (Fsp3) is 0.0476. The molecule has 136 valence electrons. The minimum Gasteiger partial charge on any atom is -0.455 e. The average Bonchev–Trinajstić information content (AvgIpc) is 2.69. The van der Waals surface area contributed by atoms with E-state index in [2.05, 4.69) is 10.6 Å². The van der Waals surface area contributed by atoms with E-state index in [9.17, 15) is 9.59 Å². The van der Waals surface area contributed by atoms with Gasteiger partial charge in [-0.05, 0) is 35.9 Å². The second-order valence-corrected chi connectivity index (χ2v) is 6.05. The Morgan fingerprint density at radius 1 is 0.815 bits per heavy atom. The molecule has 3 aromatic rings. The summed E-state index contributed by atoms with van der Waals surface area (Å²) < 4.78 is 5.77. The van der Waals surface area contributed by atoms with Crippen LogP contribution >= 0.6 is 11.6 Å². The third-order valence-corrected chi connectivity index (χ3v) is 4.08. The number of anilines is 1. The van der Waals surface area contributed by atoms with Gasteiger partial charge in [-0.25, -0.2) is 0 Å². The third-order valence-electron chi connectivity index (χ3n) is 3.71. The predicted octanol–water partition coefficient (Wildman–Crippen LogP) is 4.39. The summed E-state index contributed by atoms with van der Waals surface area (Å²) in [6, 6.07) is 23.2. The Morgan fingerprint density at radius 3 is 2.26 bits per heavy atom. The Morgan fingerprint density at radius 2 is 1.48 bits per heavy atom. The van der Waals surface area contributed by atoms with E-state index in [-0.39, 0.29) is 6.54 Å². The molecule has 3 rings (SSSR count). The normalized spacial score (nSPS) is 10.1. The highest BCUT2D eigenvalue weighted by atomic mass is 35.5. The van der Waals surface area contributed by atoms with Crippen molar-refractivity contribution in [1.82, 2.24) is 5.32 Å². The number of amides is 2. The van der Waals surface area contributed by atoms with Gasteiger partial charge >= 0.3 is 11.8 Å². The second-order valence-electron chi connectivity index (χ2n) is 5.64. The maximum atomic E-state index is 12.2. The van der Waals surface area contributed by atoms with Crippen LogP contribution in [0.15, 0.2) is 78.9 Å². The van der Waals surface area contributed by atoms with Crippen LogP contribution < -0.4 is 15.4 Å². The van der Waals surface area contributed by atoms with E-state index >= 15 is 0 Å². The van der Waals surface area contributed by atoms with Gasteiger partial charge in [0.2, 0.25) is 0 Å². The average molecular weight is 381 g/mol. The van der Waals surface area contributed by atoms with Crippen LogP contribution in [0.2, 0.25) is 5.02 Å². The molecule has 0 heterocycles. The number of hydrogen-bond acceptors (Lipinski definition) is 3. The Balaban J connectivity index is 1.63. The molecule has 2 amide bonds. The lowest BCUT2D eigenvalue weighted by atomic mass is 10.2. The molecule has 6 heteroatoms. The van der Waals surface area contributed by atoms with Crippen LogP contribution in [-0.2, 0) is 16.1 Å². The topological polar surface area (TPSA) is 67.4 Å². The molecule has 0 saturated carbocycles. The van der Waals surface area contributed by atoms with Crippen LogP contribution in [0, 0.1) is 0 Å². The highest BCUT2D eigenvalue weighted by Gasteiger charge is 2.16. The van der Waals surface area contributed by atoms with Gasteiger partial charge in [0, 0.05) is 11.6 Å². The zero-order valence-electron chi connectivity index (χ0n) is 14.3. The number of halogens is 1. The highest BCUT2D eigenvalue weighted by molar-refractivity contribution is 6.39. The molecule has 5 nitrogen and oxygen atoms in total. The molecule has 0 bridgehead atoms. The number of carbonyl (C=O) groups is 2. The van der Waals surface area contributed by atoms with E-state index in [0.717, 1.165) is 5.56 Å². The molecule has 0 aliphatic carbocycles. The number of benzene rings is 3. The first-order valence-electron chi connectivity index (χ1n) is 8.28. The van der Waals surface area contributed by atoms with E-state index in [0.29, 0.717) is 22.2 Å². The lowest BCUT2D eigenvalue weighted by Gasteiger charge is -2.12. The fourth-order valence-electron chi connectivity index (χ4n) is 2.35. The van der Waals surface area contributed by atoms with E-state index in [1.807, 2.05) is 24.3 Å². The zero-order valence-corrected chi connectivity index (χ0v) is 15.1. The quantitative estimate of drug-likeness (QED) is 0.645. The summed E-state index contributed by atoms with van der Waals surface area (Å²) >= 11 is 6.05. The second kappa shape index (κ2) is 8.87. The molecule has 0 radical (unpaired) electrons. The van der Waals surface area contributed by atoms with Crippen molar-refractivity contribution in [2.24, 2.45) is 0 Å². The van der Waals surface area contributed by atoms with Crippen LogP contribution in [0.5, 0.6) is 11.5 Å². The summed E-state index contributed by atoms with van der Waals surface area (Å²) in [5, 5.41) is 5.65. The number of rotatable bonds is 5. The minimum atomic E-state index is -0.786. The van der Waals surface area contributed by atoms with Gasteiger partial charge in [-0.3, -0.25) is 9.59 Å². The largest absolute Gasteiger partial charge is 0.455 e. The first-order chi connectivity index (χ1) is 13.1. The van der Waals surface area contributed by atoms with Crippen molar-refractivity contribution in [3.05, 3.63) is 89.4 Å². The van der Waals surface area contributed by atoms with Gasteiger partial charge in [-0.15, -0.1) is 0 Å². The first-order valence-corrected chi connectivity index (χ1v) is 8.66. The molecule has 0 aromatic heterocycles. The molecular weight excluding hydrogens is 364 g/mol. The fourth-order valence-corrected chi connectivity index (χ4v) is 2.55. The van der Waals surface area contributed by atoms with Gasteiger partial charge < -0.3 is 15.4 Å². The number of hydrogen-bond donors (Lipinski definition) is 2. The maximum absolute atomic E-state index is 12.2. The van der Waals surface area contributed by atoms with E-state index in [1.54, 1.807) is 54.6 Å². The van der Waals surface area contributed by atoms with Crippen molar-refractivity contribution in [1.29, 1.82) is 0 Å². The number of para-hydroxylation sites is 3. The van der Waals surface area contributed by atoms with Crippen molar-refractivity contribution in [2.45, 2.75) is 6.54 Å². The molecule has 0 aliphatic rings. The standard InChI is InChI=1S/C21H17ClN2O3/c22-17-11-5-4-8-15(17)14-23-20(25)21(26)24-18-12-6-7-13-19(18)27-16-9-2-1-3-10-16/h1-13H,14H2,(H,23,25)(H,24,26). The van der Waals surface area contributed by atoms with E-state index in [4.69, 9.17) is 16.3 Å². The molecule has 0 unspecified atom stereocenters. The Kier molecular flexibility index (Phi) is 6.07. The van der Waals surface area contributed by atoms with Crippen LogP contribution in [-0.4, -0.2) is 11.8 Å². The molecule has 0 saturated heterocycles. The van der Waals surface area contributed by atoms with Crippen LogP contribution in [0.1, 0.15) is 5.56 Å². The van der Waals surface area contributed by atoms with E-state index in [1.165, 1.54) is 0 Å². The molecule has 2 N–H and O–H groups in total. The van der Waals surface area contributed by atoms with Gasteiger partial charge in [0.25, 0.3) is 0 Å². The highest BCUT2D eigenvalue weighted by Crippen LogP contribution is 2.29. The molecule has 0 fully saturated rings. The lowest BCUT2D eigenvalue weighted by molar-refractivity contribution is -0.136.